The van der Waals surface area contributed by atoms with Gasteiger partial charge in [-0.05, 0) is 41.3 Å². The fraction of sp³-hybridized carbons (Fsp3) is 0.258. The first-order valence-corrected chi connectivity index (χ1v) is 13.3. The van der Waals surface area contributed by atoms with Gasteiger partial charge in [0.25, 0.3) is 0 Å². The Hall–Kier alpha value is -4.43. The molecule has 8 nitrogen and oxygen atoms in total. The highest BCUT2D eigenvalue weighted by molar-refractivity contribution is 5.83. The number of hydrogen-bond donors (Lipinski definition) is 3. The molecule has 0 aliphatic carbocycles. The molecule has 2 aromatic heterocycles. The van der Waals surface area contributed by atoms with Crippen LogP contribution in [0.4, 0.5) is 0 Å². The number of methoxy groups -OCH3 is 1. The summed E-state index contributed by atoms with van der Waals surface area (Å²) in [6, 6.07) is 26.2. The number of amides is 1. The summed E-state index contributed by atoms with van der Waals surface area (Å²) in [7, 11) is 1.66. The van der Waals surface area contributed by atoms with Crippen molar-refractivity contribution in [3.05, 3.63) is 113 Å². The molecular formula is C31H34N6O2. The third-order valence-electron chi connectivity index (χ3n) is 6.95. The fourth-order valence-corrected chi connectivity index (χ4v) is 4.90. The molecule has 39 heavy (non-hydrogen) atoms. The van der Waals surface area contributed by atoms with Crippen LogP contribution in [0.5, 0.6) is 5.75 Å². The molecule has 0 saturated carbocycles. The maximum atomic E-state index is 12.8. The van der Waals surface area contributed by atoms with Gasteiger partial charge < -0.3 is 25.3 Å². The van der Waals surface area contributed by atoms with Crippen LogP contribution in [0.1, 0.15) is 40.8 Å². The molecule has 1 amide bonds. The van der Waals surface area contributed by atoms with Crippen LogP contribution in [0.15, 0.2) is 85.1 Å². The van der Waals surface area contributed by atoms with Crippen molar-refractivity contribution in [3.8, 4) is 5.75 Å². The van der Waals surface area contributed by atoms with Crippen LogP contribution in [0.3, 0.4) is 0 Å². The van der Waals surface area contributed by atoms with Crippen molar-refractivity contribution in [1.82, 2.24) is 25.1 Å². The van der Waals surface area contributed by atoms with E-state index in [2.05, 4.69) is 49.3 Å². The summed E-state index contributed by atoms with van der Waals surface area (Å²) < 4.78 is 7.49. The van der Waals surface area contributed by atoms with Gasteiger partial charge in [0.15, 0.2) is 5.82 Å². The van der Waals surface area contributed by atoms with Crippen LogP contribution in [0.2, 0.25) is 0 Å². The number of nitrogens with one attached hydrogen (secondary N) is 2. The number of aromatic nitrogens is 4. The number of benzene rings is 3. The standard InChI is InChI=1S/C31H34N6O2/c1-39-25-14-11-23(12-15-25)21-37-29(16-13-22-7-3-2-4-8-22)35-36-31(37)28(34-30(38)17-18-32)19-24-20-33-27-10-6-5-9-26(24)27/h2-12,14-15,20,28,33H,13,16-19,21,32H2,1H3,(H,34,38). The van der Waals surface area contributed by atoms with E-state index in [0.29, 0.717) is 13.0 Å². The highest BCUT2D eigenvalue weighted by atomic mass is 16.5. The zero-order valence-electron chi connectivity index (χ0n) is 22.1. The molecule has 0 spiro atoms. The molecule has 0 bridgehead atoms. The van der Waals surface area contributed by atoms with Crippen LogP contribution in [-0.4, -0.2) is 39.3 Å². The second kappa shape index (κ2) is 12.4. The molecule has 2 heterocycles. The van der Waals surface area contributed by atoms with E-state index >= 15 is 0 Å². The zero-order valence-corrected chi connectivity index (χ0v) is 22.1. The van der Waals surface area contributed by atoms with Crippen LogP contribution >= 0.6 is 0 Å². The SMILES string of the molecule is COc1ccc(Cn2c(CCc3ccccc3)nnc2C(Cc2c[nH]c3ccccc23)NC(=O)CCN)cc1. The summed E-state index contributed by atoms with van der Waals surface area (Å²) in [6.45, 7) is 0.861. The van der Waals surface area contributed by atoms with Gasteiger partial charge in [-0.2, -0.15) is 0 Å². The second-order valence-electron chi connectivity index (χ2n) is 9.62. The Morgan fingerprint density at radius 3 is 2.51 bits per heavy atom. The van der Waals surface area contributed by atoms with E-state index in [9.17, 15) is 4.79 Å². The number of H-pyrrole nitrogens is 1. The topological polar surface area (TPSA) is 111 Å². The molecule has 3 aromatic carbocycles. The minimum absolute atomic E-state index is 0.104. The number of fused-ring (bicyclic) bond motifs is 1. The summed E-state index contributed by atoms with van der Waals surface area (Å²) in [6.07, 6.45) is 4.39. The normalized spacial score (nSPS) is 11.9. The number of hydrogen-bond acceptors (Lipinski definition) is 5. The lowest BCUT2D eigenvalue weighted by molar-refractivity contribution is -0.121. The van der Waals surface area contributed by atoms with E-state index in [1.54, 1.807) is 7.11 Å². The molecule has 0 radical (unpaired) electrons. The molecule has 0 saturated heterocycles. The molecular weight excluding hydrogens is 488 g/mol. The fourth-order valence-electron chi connectivity index (χ4n) is 4.90. The number of aryl methyl sites for hydroxylation is 2. The molecule has 5 rings (SSSR count). The molecule has 8 heteroatoms. The molecule has 4 N–H and O–H groups in total. The number of carbonyl (C=O) groups excluding carboxylic acids is 1. The van der Waals surface area contributed by atoms with Gasteiger partial charge in [0.2, 0.25) is 5.91 Å². The first-order chi connectivity index (χ1) is 19.1. The van der Waals surface area contributed by atoms with Crippen molar-refractivity contribution in [2.45, 2.75) is 38.3 Å². The van der Waals surface area contributed by atoms with Crippen molar-refractivity contribution >= 4 is 16.8 Å². The lowest BCUT2D eigenvalue weighted by Gasteiger charge is -2.20. The Bertz CT molecular complexity index is 1510. The number of carbonyl (C=O) groups is 1. The number of nitrogens with two attached hydrogens (primary N) is 1. The monoisotopic (exact) mass is 522 g/mol. The van der Waals surface area contributed by atoms with Crippen molar-refractivity contribution in [2.24, 2.45) is 5.73 Å². The Morgan fingerprint density at radius 1 is 0.974 bits per heavy atom. The second-order valence-corrected chi connectivity index (χ2v) is 9.62. The van der Waals surface area contributed by atoms with Crippen molar-refractivity contribution < 1.29 is 9.53 Å². The lowest BCUT2D eigenvalue weighted by atomic mass is 10.0. The van der Waals surface area contributed by atoms with E-state index in [0.717, 1.165) is 52.3 Å². The van der Waals surface area contributed by atoms with Crippen LogP contribution in [0, 0.1) is 0 Å². The van der Waals surface area contributed by atoms with Crippen molar-refractivity contribution in [2.75, 3.05) is 13.7 Å². The van der Waals surface area contributed by atoms with Crippen molar-refractivity contribution in [3.63, 3.8) is 0 Å². The zero-order chi connectivity index (χ0) is 27.0. The van der Waals surface area contributed by atoms with E-state index in [1.165, 1.54) is 5.56 Å². The largest absolute Gasteiger partial charge is 0.497 e. The highest BCUT2D eigenvalue weighted by Crippen LogP contribution is 2.26. The summed E-state index contributed by atoms with van der Waals surface area (Å²) in [5.41, 5.74) is 10.2. The summed E-state index contributed by atoms with van der Waals surface area (Å²) in [5, 5.41) is 13.6. The molecule has 0 fully saturated rings. The Kier molecular flexibility index (Phi) is 8.33. The van der Waals surface area contributed by atoms with E-state index < -0.39 is 0 Å². The molecule has 0 aliphatic rings. The van der Waals surface area contributed by atoms with Gasteiger partial charge in [-0.25, -0.2) is 0 Å². The average molecular weight is 523 g/mol. The van der Waals surface area contributed by atoms with E-state index in [-0.39, 0.29) is 24.9 Å². The number of rotatable bonds is 12. The van der Waals surface area contributed by atoms with E-state index in [4.69, 9.17) is 10.5 Å². The number of aromatic amines is 1. The third-order valence-corrected chi connectivity index (χ3v) is 6.95. The van der Waals surface area contributed by atoms with Crippen LogP contribution < -0.4 is 15.8 Å². The average Bonchev–Trinajstić information content (AvgIpc) is 3.56. The van der Waals surface area contributed by atoms with Gasteiger partial charge in [0.1, 0.15) is 11.6 Å². The van der Waals surface area contributed by atoms with Crippen molar-refractivity contribution in [1.29, 1.82) is 0 Å². The minimum atomic E-state index is -0.375. The number of nitrogens with zero attached hydrogens (tertiary/aromatic N) is 3. The maximum Gasteiger partial charge on any atom is 0.221 e. The van der Waals surface area contributed by atoms with E-state index in [1.807, 2.05) is 60.8 Å². The Balaban J connectivity index is 1.51. The molecule has 1 unspecified atom stereocenters. The van der Waals surface area contributed by atoms with Gasteiger partial charge in [0.05, 0.1) is 19.7 Å². The first-order valence-electron chi connectivity index (χ1n) is 13.3. The van der Waals surface area contributed by atoms with Crippen LogP contribution in [-0.2, 0) is 30.6 Å². The number of ether oxygens (including phenoxy) is 1. The quantitative estimate of drug-likeness (QED) is 0.226. The smallest absolute Gasteiger partial charge is 0.221 e. The molecule has 1 atom stereocenters. The molecule has 5 aromatic rings. The summed E-state index contributed by atoms with van der Waals surface area (Å²) in [5.74, 6) is 2.30. The van der Waals surface area contributed by atoms with Crippen LogP contribution in [0.25, 0.3) is 10.9 Å². The first kappa shape index (κ1) is 26.2. The van der Waals surface area contributed by atoms with Gasteiger partial charge in [0, 0.05) is 42.9 Å². The predicted octanol–water partition coefficient (Wildman–Crippen LogP) is 4.35. The summed E-state index contributed by atoms with van der Waals surface area (Å²) >= 11 is 0. The third kappa shape index (κ3) is 6.35. The predicted molar refractivity (Wildman–Crippen MR) is 153 cm³/mol. The minimum Gasteiger partial charge on any atom is -0.497 e. The van der Waals surface area contributed by atoms with Gasteiger partial charge in [-0.3, -0.25) is 4.79 Å². The number of para-hydroxylation sites is 1. The highest BCUT2D eigenvalue weighted by Gasteiger charge is 2.25. The Labute approximate surface area is 228 Å². The molecule has 200 valence electrons. The van der Waals surface area contributed by atoms with Gasteiger partial charge >= 0.3 is 0 Å². The Morgan fingerprint density at radius 2 is 1.74 bits per heavy atom. The van der Waals surface area contributed by atoms with Gasteiger partial charge in [-0.1, -0.05) is 60.7 Å². The maximum absolute atomic E-state index is 12.8. The lowest BCUT2D eigenvalue weighted by Crippen LogP contribution is -2.33. The van der Waals surface area contributed by atoms with Gasteiger partial charge in [-0.15, -0.1) is 10.2 Å². The summed E-state index contributed by atoms with van der Waals surface area (Å²) in [4.78, 5) is 16.2. The molecule has 0 aliphatic heterocycles.